The zero-order valence-corrected chi connectivity index (χ0v) is 12.6. The third-order valence-electron chi connectivity index (χ3n) is 3.26. The second-order valence-electron chi connectivity index (χ2n) is 4.69. The predicted octanol–water partition coefficient (Wildman–Crippen LogP) is 3.96. The Morgan fingerprint density at radius 1 is 1.32 bits per heavy atom. The summed E-state index contributed by atoms with van der Waals surface area (Å²) in [5.41, 5.74) is 3.89. The average molecular weight is 275 g/mol. The molecule has 0 radical (unpaired) electrons. The first-order valence-electron chi connectivity index (χ1n) is 6.63. The van der Waals surface area contributed by atoms with Crippen molar-refractivity contribution >= 4 is 11.3 Å². The van der Waals surface area contributed by atoms with Gasteiger partial charge in [0.2, 0.25) is 0 Å². The summed E-state index contributed by atoms with van der Waals surface area (Å²) in [5, 5.41) is 7.91. The van der Waals surface area contributed by atoms with E-state index in [2.05, 4.69) is 54.2 Å². The van der Waals surface area contributed by atoms with Crippen molar-refractivity contribution in [2.45, 2.75) is 26.3 Å². The van der Waals surface area contributed by atoms with E-state index in [-0.39, 0.29) is 0 Å². The van der Waals surface area contributed by atoms with Crippen LogP contribution in [-0.4, -0.2) is 13.7 Å². The molecule has 0 fully saturated rings. The maximum atomic E-state index is 5.47. The van der Waals surface area contributed by atoms with Crippen LogP contribution in [-0.2, 0) is 6.42 Å². The minimum atomic E-state index is 0.354. The summed E-state index contributed by atoms with van der Waals surface area (Å²) in [6.07, 6.45) is 0.954. The third-order valence-corrected chi connectivity index (χ3v) is 3.96. The summed E-state index contributed by atoms with van der Waals surface area (Å²) in [6.45, 7) is 5.23. The number of benzene rings is 1. The minimum Gasteiger partial charge on any atom is -0.496 e. The van der Waals surface area contributed by atoms with E-state index in [0.29, 0.717) is 6.04 Å². The molecule has 0 spiro atoms. The van der Waals surface area contributed by atoms with E-state index in [0.717, 1.165) is 18.7 Å². The fourth-order valence-electron chi connectivity index (χ4n) is 2.31. The third kappa shape index (κ3) is 3.58. The van der Waals surface area contributed by atoms with Gasteiger partial charge in [-0.1, -0.05) is 24.6 Å². The highest BCUT2D eigenvalue weighted by Gasteiger charge is 2.14. The first kappa shape index (κ1) is 14.1. The molecule has 2 rings (SSSR count). The minimum absolute atomic E-state index is 0.354. The Kier molecular flexibility index (Phi) is 5.00. The number of thiophene rings is 1. The largest absolute Gasteiger partial charge is 0.496 e. The van der Waals surface area contributed by atoms with Crippen LogP contribution in [0.15, 0.2) is 35.0 Å². The molecule has 1 unspecified atom stereocenters. The van der Waals surface area contributed by atoms with Crippen molar-refractivity contribution in [1.29, 1.82) is 0 Å². The van der Waals surface area contributed by atoms with Crippen molar-refractivity contribution in [3.05, 3.63) is 51.7 Å². The van der Waals surface area contributed by atoms with Gasteiger partial charge in [-0.05, 0) is 53.9 Å². The Hall–Kier alpha value is -1.32. The lowest BCUT2D eigenvalue weighted by Gasteiger charge is -2.19. The molecule has 1 N–H and O–H groups in total. The fraction of sp³-hybridized carbons (Fsp3) is 0.375. The summed E-state index contributed by atoms with van der Waals surface area (Å²) in [6, 6.07) is 8.92. The standard InChI is InChI=1S/C16H21NOS/c1-4-17-15(13-7-8-19-11-13)10-14-9-12(2)5-6-16(14)18-3/h5-9,11,15,17H,4,10H2,1-3H3. The van der Waals surface area contributed by atoms with E-state index in [1.807, 2.05) is 0 Å². The number of likely N-dealkylation sites (N-methyl/N-ethyl adjacent to an activating group) is 1. The van der Waals surface area contributed by atoms with Gasteiger partial charge in [0.25, 0.3) is 0 Å². The Morgan fingerprint density at radius 3 is 2.79 bits per heavy atom. The first-order chi connectivity index (χ1) is 9.24. The Labute approximate surface area is 119 Å². The van der Waals surface area contributed by atoms with Crippen molar-refractivity contribution in [3.8, 4) is 5.75 Å². The predicted molar refractivity (Wildman–Crippen MR) is 82.2 cm³/mol. The highest BCUT2D eigenvalue weighted by molar-refractivity contribution is 7.07. The molecule has 1 aromatic heterocycles. The quantitative estimate of drug-likeness (QED) is 0.861. The van der Waals surface area contributed by atoms with Crippen LogP contribution in [0.25, 0.3) is 0 Å². The van der Waals surface area contributed by atoms with Gasteiger partial charge in [-0.15, -0.1) is 0 Å². The number of rotatable bonds is 6. The highest BCUT2D eigenvalue weighted by Crippen LogP contribution is 2.27. The van der Waals surface area contributed by atoms with Gasteiger partial charge in [-0.2, -0.15) is 11.3 Å². The van der Waals surface area contributed by atoms with Crippen LogP contribution in [0.3, 0.4) is 0 Å². The van der Waals surface area contributed by atoms with Gasteiger partial charge in [0.1, 0.15) is 5.75 Å². The Morgan fingerprint density at radius 2 is 2.16 bits per heavy atom. The molecule has 0 aliphatic rings. The molecule has 0 aliphatic carbocycles. The number of aryl methyl sites for hydroxylation is 1. The van der Waals surface area contributed by atoms with E-state index in [1.165, 1.54) is 16.7 Å². The van der Waals surface area contributed by atoms with E-state index in [1.54, 1.807) is 18.4 Å². The molecular weight excluding hydrogens is 254 g/mol. The molecule has 19 heavy (non-hydrogen) atoms. The van der Waals surface area contributed by atoms with Crippen molar-refractivity contribution in [3.63, 3.8) is 0 Å². The van der Waals surface area contributed by atoms with Crippen LogP contribution in [0.1, 0.15) is 29.7 Å². The molecule has 0 saturated heterocycles. The lowest BCUT2D eigenvalue weighted by Crippen LogP contribution is -2.22. The smallest absolute Gasteiger partial charge is 0.122 e. The van der Waals surface area contributed by atoms with Crippen LogP contribution in [0.5, 0.6) is 5.75 Å². The van der Waals surface area contributed by atoms with Gasteiger partial charge < -0.3 is 10.1 Å². The average Bonchev–Trinajstić information content (AvgIpc) is 2.92. The zero-order valence-electron chi connectivity index (χ0n) is 11.8. The van der Waals surface area contributed by atoms with Gasteiger partial charge >= 0.3 is 0 Å². The number of ether oxygens (including phenoxy) is 1. The fourth-order valence-corrected chi connectivity index (χ4v) is 3.03. The lowest BCUT2D eigenvalue weighted by atomic mass is 9.99. The van der Waals surface area contributed by atoms with Crippen LogP contribution in [0.4, 0.5) is 0 Å². The van der Waals surface area contributed by atoms with E-state index in [4.69, 9.17) is 4.74 Å². The summed E-state index contributed by atoms with van der Waals surface area (Å²) in [4.78, 5) is 0. The first-order valence-corrected chi connectivity index (χ1v) is 7.58. The molecule has 2 nitrogen and oxygen atoms in total. The summed E-state index contributed by atoms with van der Waals surface area (Å²) < 4.78 is 5.47. The molecule has 0 saturated carbocycles. The van der Waals surface area contributed by atoms with Crippen LogP contribution in [0.2, 0.25) is 0 Å². The van der Waals surface area contributed by atoms with Crippen molar-refractivity contribution in [2.75, 3.05) is 13.7 Å². The maximum Gasteiger partial charge on any atom is 0.122 e. The van der Waals surface area contributed by atoms with Gasteiger partial charge in [0, 0.05) is 6.04 Å². The van der Waals surface area contributed by atoms with Crippen LogP contribution in [0, 0.1) is 6.92 Å². The van der Waals surface area contributed by atoms with Crippen LogP contribution < -0.4 is 10.1 Å². The van der Waals surface area contributed by atoms with Crippen molar-refractivity contribution in [2.24, 2.45) is 0 Å². The second kappa shape index (κ2) is 6.73. The molecular formula is C16H21NOS. The summed E-state index contributed by atoms with van der Waals surface area (Å²) in [7, 11) is 1.74. The number of hydrogen-bond donors (Lipinski definition) is 1. The number of hydrogen-bond acceptors (Lipinski definition) is 3. The topological polar surface area (TPSA) is 21.3 Å². The van der Waals surface area contributed by atoms with Gasteiger partial charge in [-0.3, -0.25) is 0 Å². The molecule has 1 heterocycles. The SMILES string of the molecule is CCNC(Cc1cc(C)ccc1OC)c1ccsc1. The molecule has 0 aliphatic heterocycles. The highest BCUT2D eigenvalue weighted by atomic mass is 32.1. The molecule has 2 aromatic rings. The van der Waals surface area contributed by atoms with Gasteiger partial charge in [0.15, 0.2) is 0 Å². The molecule has 3 heteroatoms. The normalized spacial score (nSPS) is 12.4. The Balaban J connectivity index is 2.24. The second-order valence-corrected chi connectivity index (χ2v) is 5.47. The molecule has 0 bridgehead atoms. The monoisotopic (exact) mass is 275 g/mol. The summed E-state index contributed by atoms with van der Waals surface area (Å²) >= 11 is 1.75. The lowest BCUT2D eigenvalue weighted by molar-refractivity contribution is 0.405. The van der Waals surface area contributed by atoms with Gasteiger partial charge in [0.05, 0.1) is 7.11 Å². The number of nitrogens with one attached hydrogen (secondary N) is 1. The summed E-state index contributed by atoms with van der Waals surface area (Å²) in [5.74, 6) is 0.976. The molecule has 1 aromatic carbocycles. The van der Waals surface area contributed by atoms with Crippen LogP contribution >= 0.6 is 11.3 Å². The van der Waals surface area contributed by atoms with E-state index >= 15 is 0 Å². The van der Waals surface area contributed by atoms with E-state index < -0.39 is 0 Å². The van der Waals surface area contributed by atoms with E-state index in [9.17, 15) is 0 Å². The van der Waals surface area contributed by atoms with Crippen molar-refractivity contribution < 1.29 is 4.74 Å². The van der Waals surface area contributed by atoms with Gasteiger partial charge in [-0.25, -0.2) is 0 Å². The number of methoxy groups -OCH3 is 1. The molecule has 1 atom stereocenters. The zero-order chi connectivity index (χ0) is 13.7. The molecule has 0 amide bonds. The maximum absolute atomic E-state index is 5.47. The van der Waals surface area contributed by atoms with Crippen molar-refractivity contribution in [1.82, 2.24) is 5.32 Å². The Bertz CT molecular complexity index is 507. The molecule has 102 valence electrons.